The normalized spacial score (nSPS) is 22.4. The van der Waals surface area contributed by atoms with Crippen molar-refractivity contribution in [2.75, 3.05) is 19.8 Å². The molecule has 0 aromatic carbocycles. The second-order valence-corrected chi connectivity index (χ2v) is 18.4. The highest BCUT2D eigenvalue weighted by Gasteiger charge is 2.51. The molecule has 12 nitrogen and oxygen atoms in total. The van der Waals surface area contributed by atoms with Gasteiger partial charge < -0.3 is 39.9 Å². The first-order chi connectivity index (χ1) is 30.0. The fourth-order valence-corrected chi connectivity index (χ4v) is 8.21. The third-order valence-corrected chi connectivity index (χ3v) is 12.2. The number of carbonyl (C=O) groups is 1. The van der Waals surface area contributed by atoms with Gasteiger partial charge in [0.15, 0.2) is 0 Å². The smallest absolute Gasteiger partial charge is 0.457 e. The highest BCUT2D eigenvalue weighted by molar-refractivity contribution is 7.47. The average Bonchev–Trinajstić information content (AvgIpc) is 3.26. The van der Waals surface area contributed by atoms with Crippen LogP contribution in [0.15, 0.2) is 48.6 Å². The second kappa shape index (κ2) is 39.6. The molecule has 62 heavy (non-hydrogen) atoms. The van der Waals surface area contributed by atoms with Crippen LogP contribution in [0.5, 0.6) is 0 Å². The molecular formula is C49H89O12P. The number of rotatable bonds is 41. The van der Waals surface area contributed by atoms with E-state index in [0.717, 1.165) is 83.5 Å². The van der Waals surface area contributed by atoms with Crippen molar-refractivity contribution < 1.29 is 58.3 Å². The number of ether oxygens (including phenoxy) is 2. The topological polar surface area (TPSA) is 192 Å². The summed E-state index contributed by atoms with van der Waals surface area (Å²) in [7, 11) is -5.03. The van der Waals surface area contributed by atoms with Crippen LogP contribution < -0.4 is 0 Å². The summed E-state index contributed by atoms with van der Waals surface area (Å²) in [6.45, 7) is 4.20. The van der Waals surface area contributed by atoms with Gasteiger partial charge in [0.05, 0.1) is 13.2 Å². The fraction of sp³-hybridized carbons (Fsp3) is 0.816. The summed E-state index contributed by atoms with van der Waals surface area (Å²) in [5.74, 6) is -0.493. The molecule has 0 bridgehead atoms. The second-order valence-electron chi connectivity index (χ2n) is 17.0. The Morgan fingerprint density at radius 3 is 1.35 bits per heavy atom. The molecule has 0 amide bonds. The van der Waals surface area contributed by atoms with Gasteiger partial charge in [0.25, 0.3) is 0 Å². The van der Waals surface area contributed by atoms with E-state index in [9.17, 15) is 39.8 Å². The Kier molecular flexibility index (Phi) is 37.3. The van der Waals surface area contributed by atoms with Gasteiger partial charge in [-0.3, -0.25) is 13.8 Å². The van der Waals surface area contributed by atoms with Crippen molar-refractivity contribution in [2.24, 2.45) is 0 Å². The van der Waals surface area contributed by atoms with E-state index in [2.05, 4.69) is 62.5 Å². The minimum Gasteiger partial charge on any atom is -0.457 e. The number of phosphoric ester groups is 1. The molecule has 1 saturated carbocycles. The van der Waals surface area contributed by atoms with Gasteiger partial charge in [0.2, 0.25) is 0 Å². The number of aliphatic hydroxyl groups is 5. The maximum absolute atomic E-state index is 12.8. The lowest BCUT2D eigenvalue weighted by molar-refractivity contribution is -0.220. The van der Waals surface area contributed by atoms with Crippen LogP contribution in [0, 0.1) is 0 Å². The standard InChI is InChI=1S/C49H89O12P/c1-3-5-7-9-11-13-15-17-19-21-22-23-25-27-29-31-33-35-37-39-58-40-42(41-59-62(56,57)61-49-47(54)45(52)44(51)46(53)48(49)55)60-43(50)38-36-34-32-30-28-26-24-20-18-16-14-12-10-8-6-4-2/h13-16,19-21,24,42,44-49,51-55H,3-12,17-18,22-23,25-41H2,1-2H3,(H,56,57)/b15-13-,16-14-,21-19-,24-20-. The predicted molar refractivity (Wildman–Crippen MR) is 249 cm³/mol. The number of carbonyl (C=O) groups excluding carboxylic acids is 1. The Balaban J connectivity index is 2.38. The van der Waals surface area contributed by atoms with Crippen molar-refractivity contribution in [3.63, 3.8) is 0 Å². The van der Waals surface area contributed by atoms with Crippen LogP contribution in [0.2, 0.25) is 0 Å². The zero-order valence-corrected chi connectivity index (χ0v) is 39.6. The third kappa shape index (κ3) is 31.2. The summed E-state index contributed by atoms with van der Waals surface area (Å²) >= 11 is 0. The summed E-state index contributed by atoms with van der Waals surface area (Å²) in [5, 5.41) is 50.2. The molecule has 6 unspecified atom stereocenters. The first-order valence-electron chi connectivity index (χ1n) is 24.5. The Morgan fingerprint density at radius 1 is 0.516 bits per heavy atom. The Labute approximate surface area is 375 Å². The molecule has 0 aromatic heterocycles. The summed E-state index contributed by atoms with van der Waals surface area (Å²) in [6.07, 6.45) is 36.0. The van der Waals surface area contributed by atoms with E-state index in [1.54, 1.807) is 0 Å². The summed E-state index contributed by atoms with van der Waals surface area (Å²) < 4.78 is 34.2. The lowest BCUT2D eigenvalue weighted by Crippen LogP contribution is -2.64. The van der Waals surface area contributed by atoms with Crippen molar-refractivity contribution in [1.82, 2.24) is 0 Å². The van der Waals surface area contributed by atoms with E-state index in [4.69, 9.17) is 18.5 Å². The third-order valence-electron chi connectivity index (χ3n) is 11.2. The summed E-state index contributed by atoms with van der Waals surface area (Å²) in [6, 6.07) is 0. The Hall–Kier alpha value is -1.70. The highest BCUT2D eigenvalue weighted by atomic mass is 31.2. The molecule has 1 fully saturated rings. The number of unbranched alkanes of at least 4 members (excludes halogenated alkanes) is 21. The maximum Gasteiger partial charge on any atom is 0.472 e. The fourth-order valence-electron chi connectivity index (χ4n) is 7.24. The molecular weight excluding hydrogens is 812 g/mol. The molecule has 0 aliphatic heterocycles. The maximum atomic E-state index is 12.8. The summed E-state index contributed by atoms with van der Waals surface area (Å²) in [4.78, 5) is 23.2. The molecule has 0 spiro atoms. The lowest BCUT2D eigenvalue weighted by Gasteiger charge is -2.41. The van der Waals surface area contributed by atoms with Crippen LogP contribution in [0.3, 0.4) is 0 Å². The van der Waals surface area contributed by atoms with Gasteiger partial charge in [-0.25, -0.2) is 4.57 Å². The molecule has 1 aliphatic carbocycles. The molecule has 13 heteroatoms. The average molecular weight is 901 g/mol. The van der Waals surface area contributed by atoms with Crippen molar-refractivity contribution >= 4 is 13.8 Å². The number of aliphatic hydroxyl groups excluding tert-OH is 5. The van der Waals surface area contributed by atoms with Gasteiger partial charge in [-0.2, -0.15) is 0 Å². The number of esters is 1. The van der Waals surface area contributed by atoms with Crippen LogP contribution in [-0.4, -0.2) is 98.9 Å². The van der Waals surface area contributed by atoms with Gasteiger partial charge in [0.1, 0.15) is 42.7 Å². The van der Waals surface area contributed by atoms with Crippen LogP contribution in [0.1, 0.15) is 194 Å². The Morgan fingerprint density at radius 2 is 0.903 bits per heavy atom. The summed E-state index contributed by atoms with van der Waals surface area (Å²) in [5.41, 5.74) is 0. The number of hydrogen-bond acceptors (Lipinski definition) is 11. The van der Waals surface area contributed by atoms with E-state index in [-0.39, 0.29) is 13.0 Å². The zero-order valence-electron chi connectivity index (χ0n) is 38.7. The minimum atomic E-state index is -5.03. The van der Waals surface area contributed by atoms with E-state index in [0.29, 0.717) is 13.0 Å². The van der Waals surface area contributed by atoms with Crippen molar-refractivity contribution in [3.05, 3.63) is 48.6 Å². The first kappa shape index (κ1) is 58.3. The van der Waals surface area contributed by atoms with Crippen LogP contribution in [0.25, 0.3) is 0 Å². The van der Waals surface area contributed by atoms with Crippen LogP contribution >= 0.6 is 7.82 Å². The molecule has 1 rings (SSSR count). The van der Waals surface area contributed by atoms with E-state index in [1.165, 1.54) is 83.5 Å². The molecule has 6 N–H and O–H groups in total. The van der Waals surface area contributed by atoms with E-state index < -0.39 is 63.1 Å². The molecule has 0 saturated heterocycles. The monoisotopic (exact) mass is 901 g/mol. The van der Waals surface area contributed by atoms with Gasteiger partial charge >= 0.3 is 13.8 Å². The number of phosphoric acid groups is 1. The molecule has 6 atom stereocenters. The predicted octanol–water partition coefficient (Wildman–Crippen LogP) is 10.4. The molecule has 0 aromatic rings. The molecule has 362 valence electrons. The quantitative estimate of drug-likeness (QED) is 0.0147. The van der Waals surface area contributed by atoms with Crippen molar-refractivity contribution in [2.45, 2.75) is 236 Å². The van der Waals surface area contributed by atoms with Gasteiger partial charge in [-0.05, 0) is 77.0 Å². The van der Waals surface area contributed by atoms with Crippen molar-refractivity contribution in [3.8, 4) is 0 Å². The van der Waals surface area contributed by atoms with Crippen molar-refractivity contribution in [1.29, 1.82) is 0 Å². The zero-order chi connectivity index (χ0) is 45.5. The van der Waals surface area contributed by atoms with E-state index in [1.807, 2.05) is 0 Å². The highest BCUT2D eigenvalue weighted by Crippen LogP contribution is 2.47. The molecule has 0 heterocycles. The van der Waals surface area contributed by atoms with Crippen LogP contribution in [0.4, 0.5) is 0 Å². The first-order valence-corrected chi connectivity index (χ1v) is 26.0. The molecule has 1 aliphatic rings. The molecule has 0 radical (unpaired) electrons. The van der Waals surface area contributed by atoms with Gasteiger partial charge in [-0.15, -0.1) is 0 Å². The number of hydrogen-bond donors (Lipinski definition) is 6. The van der Waals surface area contributed by atoms with Gasteiger partial charge in [-0.1, -0.05) is 159 Å². The van der Waals surface area contributed by atoms with E-state index >= 15 is 0 Å². The largest absolute Gasteiger partial charge is 0.472 e. The SMILES string of the molecule is CCCCCC/C=C\C/C=C\CCCCCCCCCCOCC(COP(=O)(O)OC1C(O)C(O)C(O)C(O)C1O)OC(=O)CCCCCCC/C=C\C/C=C\CCCCCC. The van der Waals surface area contributed by atoms with Gasteiger partial charge in [0, 0.05) is 13.0 Å². The minimum absolute atomic E-state index is 0.0872. The van der Waals surface area contributed by atoms with Crippen LogP contribution in [-0.2, 0) is 27.9 Å². The Bertz CT molecular complexity index is 1210. The lowest BCUT2D eigenvalue weighted by atomic mass is 9.85. The number of allylic oxidation sites excluding steroid dienone is 8.